The van der Waals surface area contributed by atoms with Crippen LogP contribution < -0.4 is 10.6 Å². The Morgan fingerprint density at radius 1 is 1.03 bits per heavy atom. The molecule has 0 unspecified atom stereocenters. The van der Waals surface area contributed by atoms with Crippen molar-refractivity contribution in [2.75, 3.05) is 10.6 Å². The average molecular weight is 408 g/mol. The Balaban J connectivity index is 1.51. The Bertz CT molecular complexity index is 1250. The van der Waals surface area contributed by atoms with E-state index in [1.807, 2.05) is 18.2 Å². The van der Waals surface area contributed by atoms with E-state index in [1.54, 1.807) is 23.0 Å². The van der Waals surface area contributed by atoms with Gasteiger partial charge in [0.25, 0.3) is 11.9 Å². The molecule has 31 heavy (non-hydrogen) atoms. The summed E-state index contributed by atoms with van der Waals surface area (Å²) in [6.07, 6.45) is 5.25. The summed E-state index contributed by atoms with van der Waals surface area (Å²) in [5.74, 6) is 0.489. The van der Waals surface area contributed by atoms with Crippen LogP contribution in [0.15, 0.2) is 85.2 Å². The maximum absolute atomic E-state index is 12.5. The number of fused-ring (bicyclic) bond motifs is 1. The highest BCUT2D eigenvalue weighted by Gasteiger charge is 2.25. The number of benzene rings is 2. The molecule has 1 amide bonds. The first kappa shape index (κ1) is 18.7. The Morgan fingerprint density at radius 2 is 1.84 bits per heavy atom. The van der Waals surface area contributed by atoms with Crippen LogP contribution in [0.2, 0.25) is 0 Å². The lowest BCUT2D eigenvalue weighted by Crippen LogP contribution is -2.20. The molecule has 152 valence electrons. The van der Waals surface area contributed by atoms with Crippen molar-refractivity contribution in [3.05, 3.63) is 107 Å². The molecule has 0 fully saturated rings. The van der Waals surface area contributed by atoms with Gasteiger partial charge in [-0.2, -0.15) is 4.98 Å². The van der Waals surface area contributed by atoms with Crippen LogP contribution in [0.25, 0.3) is 5.70 Å². The van der Waals surface area contributed by atoms with E-state index in [2.05, 4.69) is 75.1 Å². The second kappa shape index (κ2) is 7.87. The van der Waals surface area contributed by atoms with Crippen LogP contribution >= 0.6 is 0 Å². The summed E-state index contributed by atoms with van der Waals surface area (Å²) < 4.78 is 1.78. The number of amides is 1. The standard InChI is InChI=1S/C24H20N6O/c1-16-9-11-17(12-10-16)20-14-21(18-6-3-2-4-7-18)30-24(26-20)28-23(29-30)27-22(31)19-8-5-13-25-15-19/h2-15,21H,1H3,(H2,26,27,28,29,31)/t21-/m1/s1. The summed E-state index contributed by atoms with van der Waals surface area (Å²) in [6, 6.07) is 21.6. The molecular formula is C24H20N6O. The number of nitrogens with one attached hydrogen (secondary N) is 2. The third-order valence-corrected chi connectivity index (χ3v) is 5.12. The zero-order valence-corrected chi connectivity index (χ0v) is 16.9. The highest BCUT2D eigenvalue weighted by molar-refractivity contribution is 6.03. The largest absolute Gasteiger partial charge is 0.324 e. The Morgan fingerprint density at radius 3 is 2.58 bits per heavy atom. The third-order valence-electron chi connectivity index (χ3n) is 5.12. The number of rotatable bonds is 4. The van der Waals surface area contributed by atoms with Gasteiger partial charge in [-0.1, -0.05) is 60.2 Å². The molecule has 0 radical (unpaired) electrons. The van der Waals surface area contributed by atoms with E-state index in [0.29, 0.717) is 11.5 Å². The molecule has 7 heteroatoms. The number of hydrogen-bond donors (Lipinski definition) is 2. The minimum atomic E-state index is -0.306. The van der Waals surface area contributed by atoms with Gasteiger partial charge in [0, 0.05) is 18.1 Å². The second-order valence-electron chi connectivity index (χ2n) is 7.33. The Kier molecular flexibility index (Phi) is 4.76. The van der Waals surface area contributed by atoms with E-state index in [4.69, 9.17) is 0 Å². The van der Waals surface area contributed by atoms with Crippen molar-refractivity contribution in [3.8, 4) is 0 Å². The number of aryl methyl sites for hydroxylation is 1. The molecule has 7 nitrogen and oxygen atoms in total. The number of pyridine rings is 1. The van der Waals surface area contributed by atoms with Gasteiger partial charge >= 0.3 is 0 Å². The lowest BCUT2D eigenvalue weighted by atomic mass is 10.0. The monoisotopic (exact) mass is 408 g/mol. The molecule has 3 heterocycles. The Hall–Kier alpha value is -4.26. The summed E-state index contributed by atoms with van der Waals surface area (Å²) in [5, 5.41) is 10.7. The minimum absolute atomic E-state index is 0.162. The highest BCUT2D eigenvalue weighted by atomic mass is 16.1. The first-order chi connectivity index (χ1) is 15.2. The van der Waals surface area contributed by atoms with Crippen LogP contribution in [0.3, 0.4) is 0 Å². The molecule has 1 aliphatic rings. The summed E-state index contributed by atoms with van der Waals surface area (Å²) >= 11 is 0. The average Bonchev–Trinajstić information content (AvgIpc) is 3.22. The number of anilines is 2. The van der Waals surface area contributed by atoms with Gasteiger partial charge in [0.1, 0.15) is 6.04 Å². The number of allylic oxidation sites excluding steroid dienone is 1. The molecule has 1 aliphatic heterocycles. The van der Waals surface area contributed by atoms with Gasteiger partial charge in [0.2, 0.25) is 5.95 Å². The minimum Gasteiger partial charge on any atom is -0.324 e. The lowest BCUT2D eigenvalue weighted by Gasteiger charge is -2.24. The van der Waals surface area contributed by atoms with Crippen LogP contribution in [0.5, 0.6) is 0 Å². The molecule has 1 atom stereocenters. The number of aromatic nitrogens is 4. The normalized spacial score (nSPS) is 14.9. The molecule has 5 rings (SSSR count). The predicted octanol–water partition coefficient (Wildman–Crippen LogP) is 4.29. The van der Waals surface area contributed by atoms with Crippen molar-refractivity contribution >= 4 is 23.5 Å². The molecule has 0 aliphatic carbocycles. The number of carbonyl (C=O) groups excluding carboxylic acids is 1. The fourth-order valence-electron chi connectivity index (χ4n) is 3.51. The smallest absolute Gasteiger partial charge is 0.259 e. The van der Waals surface area contributed by atoms with E-state index in [1.165, 1.54) is 11.8 Å². The van der Waals surface area contributed by atoms with E-state index < -0.39 is 0 Å². The number of hydrogen-bond acceptors (Lipinski definition) is 5. The van der Waals surface area contributed by atoms with E-state index in [-0.39, 0.29) is 17.9 Å². The summed E-state index contributed by atoms with van der Waals surface area (Å²) in [7, 11) is 0. The number of carbonyl (C=O) groups is 1. The molecule has 0 spiro atoms. The molecule has 0 saturated carbocycles. The van der Waals surface area contributed by atoms with Crippen LogP contribution in [0, 0.1) is 6.92 Å². The second-order valence-corrected chi connectivity index (χ2v) is 7.33. The molecule has 2 N–H and O–H groups in total. The van der Waals surface area contributed by atoms with Gasteiger partial charge in [-0.25, -0.2) is 4.68 Å². The van der Waals surface area contributed by atoms with E-state index in [9.17, 15) is 4.79 Å². The molecule has 4 aromatic rings. The van der Waals surface area contributed by atoms with E-state index in [0.717, 1.165) is 16.8 Å². The first-order valence-corrected chi connectivity index (χ1v) is 9.96. The van der Waals surface area contributed by atoms with Crippen molar-refractivity contribution in [1.29, 1.82) is 0 Å². The summed E-state index contributed by atoms with van der Waals surface area (Å²) in [5.41, 5.74) is 4.72. The molecule has 2 aromatic carbocycles. The van der Waals surface area contributed by atoms with Gasteiger partial charge in [-0.15, -0.1) is 5.10 Å². The van der Waals surface area contributed by atoms with Gasteiger partial charge in [-0.3, -0.25) is 15.1 Å². The Labute approximate surface area is 179 Å². The summed E-state index contributed by atoms with van der Waals surface area (Å²) in [4.78, 5) is 21.0. The van der Waals surface area contributed by atoms with Crippen LogP contribution in [0.1, 0.15) is 33.1 Å². The van der Waals surface area contributed by atoms with Crippen molar-refractivity contribution < 1.29 is 4.79 Å². The lowest BCUT2D eigenvalue weighted by molar-refractivity contribution is 0.102. The summed E-state index contributed by atoms with van der Waals surface area (Å²) in [6.45, 7) is 2.06. The molecule has 2 aromatic heterocycles. The maximum Gasteiger partial charge on any atom is 0.259 e. The zero-order valence-electron chi connectivity index (χ0n) is 16.9. The van der Waals surface area contributed by atoms with Gasteiger partial charge in [0.15, 0.2) is 0 Å². The van der Waals surface area contributed by atoms with E-state index >= 15 is 0 Å². The van der Waals surface area contributed by atoms with Crippen LogP contribution in [0.4, 0.5) is 11.9 Å². The quantitative estimate of drug-likeness (QED) is 0.526. The molecule has 0 saturated heterocycles. The van der Waals surface area contributed by atoms with Gasteiger partial charge in [-0.05, 0) is 36.3 Å². The van der Waals surface area contributed by atoms with Crippen molar-refractivity contribution in [2.45, 2.75) is 13.0 Å². The van der Waals surface area contributed by atoms with Crippen molar-refractivity contribution in [1.82, 2.24) is 19.7 Å². The predicted molar refractivity (Wildman–Crippen MR) is 120 cm³/mol. The SMILES string of the molecule is Cc1ccc(C2=C[C@H](c3ccccc3)n3nc(NC(=O)c4cccnc4)nc3N2)cc1. The highest BCUT2D eigenvalue weighted by Crippen LogP contribution is 2.33. The van der Waals surface area contributed by atoms with Gasteiger partial charge in [0.05, 0.1) is 5.56 Å². The first-order valence-electron chi connectivity index (χ1n) is 9.96. The fraction of sp³-hybridized carbons (Fsp3) is 0.0833. The zero-order chi connectivity index (χ0) is 21.2. The van der Waals surface area contributed by atoms with Gasteiger partial charge < -0.3 is 5.32 Å². The van der Waals surface area contributed by atoms with Crippen LogP contribution in [-0.4, -0.2) is 25.7 Å². The topological polar surface area (TPSA) is 84.7 Å². The fourth-order valence-corrected chi connectivity index (χ4v) is 3.51. The molecular weight excluding hydrogens is 388 g/mol. The third kappa shape index (κ3) is 3.81. The number of nitrogens with zero attached hydrogens (tertiary/aromatic N) is 4. The van der Waals surface area contributed by atoms with Crippen molar-refractivity contribution in [3.63, 3.8) is 0 Å². The van der Waals surface area contributed by atoms with Crippen molar-refractivity contribution in [2.24, 2.45) is 0 Å². The van der Waals surface area contributed by atoms with Crippen LogP contribution in [-0.2, 0) is 0 Å². The molecule has 0 bridgehead atoms. The maximum atomic E-state index is 12.5.